The highest BCUT2D eigenvalue weighted by atomic mass is 16.5. The van der Waals surface area contributed by atoms with Crippen molar-refractivity contribution in [2.45, 2.75) is 26.2 Å². The van der Waals surface area contributed by atoms with Crippen LogP contribution in [0.15, 0.2) is 0 Å². The molecule has 0 amide bonds. The fraction of sp³-hybridized carbons (Fsp3) is 0.875. The minimum Gasteiger partial charge on any atom is -0.469 e. The van der Waals surface area contributed by atoms with E-state index < -0.39 is 0 Å². The van der Waals surface area contributed by atoms with Gasteiger partial charge in [-0.1, -0.05) is 13.3 Å². The molecule has 0 heterocycles. The third-order valence-electron chi connectivity index (χ3n) is 1.64. The van der Waals surface area contributed by atoms with Crippen LogP contribution in [0.5, 0.6) is 0 Å². The molecule has 11 heavy (non-hydrogen) atoms. The Kier molecular flexibility index (Phi) is 5.84. The van der Waals surface area contributed by atoms with Crippen molar-refractivity contribution < 1.29 is 14.6 Å². The molecule has 0 spiro atoms. The highest BCUT2D eigenvalue weighted by Crippen LogP contribution is 2.10. The Morgan fingerprint density at radius 1 is 1.64 bits per heavy atom. The second kappa shape index (κ2) is 6.16. The Hall–Kier alpha value is -0.570. The first-order valence-electron chi connectivity index (χ1n) is 3.92. The van der Waals surface area contributed by atoms with E-state index in [-0.39, 0.29) is 18.5 Å². The first-order chi connectivity index (χ1) is 5.24. The van der Waals surface area contributed by atoms with Crippen molar-refractivity contribution in [3.8, 4) is 0 Å². The zero-order valence-electron chi connectivity index (χ0n) is 7.17. The van der Waals surface area contributed by atoms with E-state index in [1.165, 1.54) is 7.11 Å². The topological polar surface area (TPSA) is 46.5 Å². The average Bonchev–Trinajstić information content (AvgIpc) is 2.03. The highest BCUT2D eigenvalue weighted by Gasteiger charge is 2.11. The van der Waals surface area contributed by atoms with Gasteiger partial charge >= 0.3 is 5.97 Å². The molecule has 0 aromatic heterocycles. The number of esters is 1. The summed E-state index contributed by atoms with van der Waals surface area (Å²) in [7, 11) is 1.36. The van der Waals surface area contributed by atoms with Crippen LogP contribution in [0.1, 0.15) is 26.2 Å². The van der Waals surface area contributed by atoms with E-state index in [1.54, 1.807) is 0 Å². The molecule has 0 aromatic carbocycles. The number of hydrogen-bond donors (Lipinski definition) is 1. The van der Waals surface area contributed by atoms with Gasteiger partial charge < -0.3 is 9.84 Å². The molecule has 3 heteroatoms. The van der Waals surface area contributed by atoms with Gasteiger partial charge in [0.2, 0.25) is 0 Å². The summed E-state index contributed by atoms with van der Waals surface area (Å²) in [6, 6.07) is 0. The van der Waals surface area contributed by atoms with Gasteiger partial charge in [0.05, 0.1) is 13.5 Å². The second-order valence-corrected chi connectivity index (χ2v) is 2.62. The van der Waals surface area contributed by atoms with E-state index in [4.69, 9.17) is 5.11 Å². The molecule has 0 aliphatic heterocycles. The number of aliphatic hydroxyl groups excluding tert-OH is 1. The lowest BCUT2D eigenvalue weighted by Gasteiger charge is -2.10. The summed E-state index contributed by atoms with van der Waals surface area (Å²) in [4.78, 5) is 10.7. The summed E-state index contributed by atoms with van der Waals surface area (Å²) in [5.74, 6) is -0.162. The fourth-order valence-corrected chi connectivity index (χ4v) is 0.985. The first kappa shape index (κ1) is 10.4. The van der Waals surface area contributed by atoms with Gasteiger partial charge in [-0.3, -0.25) is 4.79 Å². The van der Waals surface area contributed by atoms with Crippen LogP contribution < -0.4 is 0 Å². The quantitative estimate of drug-likeness (QED) is 0.609. The summed E-state index contributed by atoms with van der Waals surface area (Å²) >= 11 is 0. The van der Waals surface area contributed by atoms with Gasteiger partial charge in [-0.05, 0) is 12.3 Å². The molecule has 1 atom stereocenters. The lowest BCUT2D eigenvalue weighted by atomic mass is 10.0. The van der Waals surface area contributed by atoms with Crippen LogP contribution in [-0.4, -0.2) is 24.8 Å². The Labute approximate surface area is 67.4 Å². The van der Waals surface area contributed by atoms with Crippen LogP contribution in [0.4, 0.5) is 0 Å². The van der Waals surface area contributed by atoms with Crippen molar-refractivity contribution in [2.75, 3.05) is 13.7 Å². The molecule has 0 aliphatic carbocycles. The highest BCUT2D eigenvalue weighted by molar-refractivity contribution is 5.69. The van der Waals surface area contributed by atoms with E-state index in [0.29, 0.717) is 6.42 Å². The van der Waals surface area contributed by atoms with E-state index >= 15 is 0 Å². The fourth-order valence-electron chi connectivity index (χ4n) is 0.985. The van der Waals surface area contributed by atoms with Crippen LogP contribution in [0.3, 0.4) is 0 Å². The largest absolute Gasteiger partial charge is 0.469 e. The van der Waals surface area contributed by atoms with Gasteiger partial charge in [-0.15, -0.1) is 0 Å². The number of carbonyl (C=O) groups is 1. The van der Waals surface area contributed by atoms with Crippen LogP contribution in [-0.2, 0) is 9.53 Å². The van der Waals surface area contributed by atoms with Crippen molar-refractivity contribution in [3.63, 3.8) is 0 Å². The number of carbonyl (C=O) groups excluding carboxylic acids is 1. The average molecular weight is 160 g/mol. The van der Waals surface area contributed by atoms with Gasteiger partial charge in [0.15, 0.2) is 0 Å². The molecule has 0 aromatic rings. The summed E-state index contributed by atoms with van der Waals surface area (Å²) < 4.78 is 4.48. The minimum absolute atomic E-state index is 0.0724. The number of methoxy groups -OCH3 is 1. The van der Waals surface area contributed by atoms with E-state index in [0.717, 1.165) is 12.8 Å². The number of aliphatic hydroxyl groups is 1. The number of rotatable bonds is 5. The van der Waals surface area contributed by atoms with Gasteiger partial charge in [-0.2, -0.15) is 0 Å². The monoisotopic (exact) mass is 160 g/mol. The van der Waals surface area contributed by atoms with Gasteiger partial charge in [-0.25, -0.2) is 0 Å². The Morgan fingerprint density at radius 2 is 2.27 bits per heavy atom. The van der Waals surface area contributed by atoms with Crippen molar-refractivity contribution in [3.05, 3.63) is 0 Å². The molecule has 0 radical (unpaired) electrons. The van der Waals surface area contributed by atoms with Crippen molar-refractivity contribution in [1.29, 1.82) is 0 Å². The first-order valence-corrected chi connectivity index (χ1v) is 3.92. The zero-order valence-corrected chi connectivity index (χ0v) is 7.17. The Balaban J connectivity index is 3.58. The smallest absolute Gasteiger partial charge is 0.305 e. The maximum Gasteiger partial charge on any atom is 0.305 e. The molecule has 0 saturated heterocycles. The summed E-state index contributed by atoms with van der Waals surface area (Å²) in [6.07, 6.45) is 2.20. The molecule has 0 fully saturated rings. The lowest BCUT2D eigenvalue weighted by molar-refractivity contribution is -0.142. The molecule has 0 bridgehead atoms. The third kappa shape index (κ3) is 4.79. The molecule has 1 N–H and O–H groups in total. The Morgan fingerprint density at radius 3 is 2.64 bits per heavy atom. The predicted octanol–water partition coefficient (Wildman–Crippen LogP) is 0.958. The van der Waals surface area contributed by atoms with E-state index in [1.807, 2.05) is 6.92 Å². The molecule has 1 unspecified atom stereocenters. The summed E-state index contributed by atoms with van der Waals surface area (Å²) in [6.45, 7) is 2.10. The second-order valence-electron chi connectivity index (χ2n) is 2.62. The molecule has 3 nitrogen and oxygen atoms in total. The minimum atomic E-state index is -0.238. The van der Waals surface area contributed by atoms with Crippen LogP contribution >= 0.6 is 0 Å². The maximum atomic E-state index is 10.7. The van der Waals surface area contributed by atoms with Crippen molar-refractivity contribution in [1.82, 2.24) is 0 Å². The van der Waals surface area contributed by atoms with Crippen molar-refractivity contribution in [2.24, 2.45) is 5.92 Å². The number of ether oxygens (including phenoxy) is 1. The van der Waals surface area contributed by atoms with Crippen LogP contribution in [0, 0.1) is 5.92 Å². The maximum absolute atomic E-state index is 10.7. The lowest BCUT2D eigenvalue weighted by Crippen LogP contribution is -2.13. The standard InChI is InChI=1S/C8H16O3/c1-3-4-7(6-9)5-8(10)11-2/h7,9H,3-6H2,1-2H3. The summed E-state index contributed by atoms with van der Waals surface area (Å²) in [5.41, 5.74) is 0. The SMILES string of the molecule is CCCC(CO)CC(=O)OC. The molecular formula is C8H16O3. The van der Waals surface area contributed by atoms with Gasteiger partial charge in [0, 0.05) is 6.61 Å². The molecule has 0 rings (SSSR count). The predicted molar refractivity (Wildman–Crippen MR) is 42.1 cm³/mol. The van der Waals surface area contributed by atoms with E-state index in [2.05, 4.69) is 4.74 Å². The van der Waals surface area contributed by atoms with Crippen LogP contribution in [0.2, 0.25) is 0 Å². The van der Waals surface area contributed by atoms with Gasteiger partial charge in [0.25, 0.3) is 0 Å². The summed E-state index contributed by atoms with van der Waals surface area (Å²) in [5, 5.41) is 8.79. The molecule has 0 saturated carbocycles. The normalized spacial score (nSPS) is 12.6. The third-order valence-corrected chi connectivity index (χ3v) is 1.64. The van der Waals surface area contributed by atoms with E-state index in [9.17, 15) is 4.79 Å². The zero-order chi connectivity index (χ0) is 8.69. The number of hydrogen-bond acceptors (Lipinski definition) is 3. The molecule has 66 valence electrons. The Bertz CT molecular complexity index is 112. The molecule has 0 aliphatic rings. The van der Waals surface area contributed by atoms with Crippen LogP contribution in [0.25, 0.3) is 0 Å². The van der Waals surface area contributed by atoms with Gasteiger partial charge in [0.1, 0.15) is 0 Å². The van der Waals surface area contributed by atoms with Crippen molar-refractivity contribution >= 4 is 5.97 Å². The molecular weight excluding hydrogens is 144 g/mol.